The average molecular weight is 193 g/mol. The predicted octanol–water partition coefficient (Wildman–Crippen LogP) is 1.64. The second-order valence-corrected chi connectivity index (χ2v) is 3.82. The molecule has 0 saturated carbocycles. The maximum atomic E-state index is 8.53. The van der Waals surface area contributed by atoms with Crippen LogP contribution in [0.2, 0.25) is 0 Å². The molecule has 0 aliphatic rings. The van der Waals surface area contributed by atoms with Crippen molar-refractivity contribution in [3.63, 3.8) is 0 Å². The summed E-state index contributed by atoms with van der Waals surface area (Å²) in [7, 11) is 0. The van der Waals surface area contributed by atoms with Crippen LogP contribution in [0.15, 0.2) is 18.2 Å². The molecule has 0 atom stereocenters. The standard InChI is InChI=1S/C10H8N.V/c1-2-3-9-4-6-10(8-11)7-5-9;/h4,6-7H,3H2,1H3;/q-1;. The normalized spacial score (nSPS) is 8.92. The van der Waals surface area contributed by atoms with Crippen LogP contribution in [-0.4, -0.2) is 4.23 Å². The van der Waals surface area contributed by atoms with E-state index in [9.17, 15) is 0 Å². The second kappa shape index (κ2) is 4.25. The third kappa shape index (κ3) is 2.66. The SMILES string of the molecule is C[C](=[V])Cc1[c-]cc(C#N)cc1. The van der Waals surface area contributed by atoms with Gasteiger partial charge in [-0.05, 0) is 0 Å². The van der Waals surface area contributed by atoms with Gasteiger partial charge in [0.1, 0.15) is 0 Å². The molecule has 1 rings (SSSR count). The Hall–Kier alpha value is -0.836. The van der Waals surface area contributed by atoms with Crippen molar-refractivity contribution < 1.29 is 17.0 Å². The molecule has 0 radical (unpaired) electrons. The summed E-state index contributed by atoms with van der Waals surface area (Å²) >= 11 is 2.52. The topological polar surface area (TPSA) is 23.8 Å². The summed E-state index contributed by atoms with van der Waals surface area (Å²) in [6.07, 6.45) is 0.922. The van der Waals surface area contributed by atoms with Gasteiger partial charge in [0.05, 0.1) is 0 Å². The van der Waals surface area contributed by atoms with Crippen molar-refractivity contribution >= 4 is 4.23 Å². The molecule has 0 amide bonds. The summed E-state index contributed by atoms with van der Waals surface area (Å²) in [6, 6.07) is 10.6. The van der Waals surface area contributed by atoms with Crippen molar-refractivity contribution in [2.45, 2.75) is 13.3 Å². The first-order valence-electron chi connectivity index (χ1n) is 3.64. The minimum absolute atomic E-state index is 0.669. The van der Waals surface area contributed by atoms with Crippen LogP contribution in [-0.2, 0) is 23.4 Å². The quantitative estimate of drug-likeness (QED) is 0.655. The molecule has 1 nitrogen and oxygen atoms in total. The Bertz CT molecular complexity index is 319. The molecule has 12 heavy (non-hydrogen) atoms. The maximum absolute atomic E-state index is 8.53. The van der Waals surface area contributed by atoms with Crippen LogP contribution in [0, 0.1) is 17.4 Å². The molecule has 1 aromatic rings. The van der Waals surface area contributed by atoms with Crippen molar-refractivity contribution in [3.05, 3.63) is 35.4 Å². The molecule has 1 aromatic carbocycles. The molecule has 0 unspecified atom stereocenters. The first-order chi connectivity index (χ1) is 5.72. The Kier molecular flexibility index (Phi) is 3.28. The zero-order valence-electron chi connectivity index (χ0n) is 6.83. The van der Waals surface area contributed by atoms with Gasteiger partial charge in [-0.3, -0.25) is 0 Å². The molecule has 0 aliphatic heterocycles. The van der Waals surface area contributed by atoms with E-state index in [0.717, 1.165) is 12.0 Å². The number of hydrogen-bond donors (Lipinski definition) is 0. The summed E-state index contributed by atoms with van der Waals surface area (Å²) in [5.74, 6) is 0. The molecule has 0 bridgehead atoms. The van der Waals surface area contributed by atoms with Crippen molar-refractivity contribution in [2.24, 2.45) is 0 Å². The van der Waals surface area contributed by atoms with E-state index in [1.165, 1.54) is 4.23 Å². The minimum atomic E-state index is 0.669. The molecule has 0 spiro atoms. The number of benzene rings is 1. The predicted molar refractivity (Wildman–Crippen MR) is 44.4 cm³/mol. The second-order valence-electron chi connectivity index (χ2n) is 2.63. The first-order valence-corrected chi connectivity index (χ1v) is 4.34. The molecular weight excluding hydrogens is 185 g/mol. The molecule has 59 valence electrons. The van der Waals surface area contributed by atoms with Gasteiger partial charge in [0.15, 0.2) is 0 Å². The van der Waals surface area contributed by atoms with E-state index in [0.29, 0.717) is 5.56 Å². The van der Waals surface area contributed by atoms with Crippen molar-refractivity contribution in [1.29, 1.82) is 5.26 Å². The summed E-state index contributed by atoms with van der Waals surface area (Å²) in [4.78, 5) is 0. The van der Waals surface area contributed by atoms with E-state index in [1.54, 1.807) is 6.07 Å². The van der Waals surface area contributed by atoms with Gasteiger partial charge in [0, 0.05) is 0 Å². The molecule has 0 heterocycles. The Morgan fingerprint density at radius 2 is 2.42 bits per heavy atom. The summed E-state index contributed by atoms with van der Waals surface area (Å²) in [5.41, 5.74) is 1.80. The molecule has 2 heteroatoms. The Morgan fingerprint density at radius 3 is 2.83 bits per heavy atom. The zero-order valence-corrected chi connectivity index (χ0v) is 8.23. The third-order valence-corrected chi connectivity index (χ3v) is 1.70. The molecule has 0 saturated heterocycles. The average Bonchev–Trinajstić information content (AvgIpc) is 2.05. The van der Waals surface area contributed by atoms with Gasteiger partial charge in [-0.2, -0.15) is 0 Å². The molecule has 0 N–H and O–H groups in total. The van der Waals surface area contributed by atoms with Gasteiger partial charge >= 0.3 is 81.3 Å². The Balaban J connectivity index is 2.80. The third-order valence-electron chi connectivity index (χ3n) is 1.45. The van der Waals surface area contributed by atoms with E-state index >= 15 is 0 Å². The van der Waals surface area contributed by atoms with Gasteiger partial charge in [-0.25, -0.2) is 0 Å². The fourth-order valence-corrected chi connectivity index (χ4v) is 1.18. The fourth-order valence-electron chi connectivity index (χ4n) is 0.912. The van der Waals surface area contributed by atoms with Gasteiger partial charge in [-0.15, -0.1) is 0 Å². The van der Waals surface area contributed by atoms with Crippen LogP contribution in [0.4, 0.5) is 0 Å². The van der Waals surface area contributed by atoms with Crippen LogP contribution < -0.4 is 0 Å². The van der Waals surface area contributed by atoms with Gasteiger partial charge < -0.3 is 0 Å². The van der Waals surface area contributed by atoms with Crippen molar-refractivity contribution in [2.75, 3.05) is 0 Å². The summed E-state index contributed by atoms with van der Waals surface area (Å²) in [6.45, 7) is 2.06. The summed E-state index contributed by atoms with van der Waals surface area (Å²) < 4.78 is 1.29. The van der Waals surface area contributed by atoms with Crippen LogP contribution in [0.3, 0.4) is 0 Å². The molecular formula is C10H8NV-. The molecule has 0 fully saturated rings. The van der Waals surface area contributed by atoms with Crippen molar-refractivity contribution in [1.82, 2.24) is 0 Å². The number of nitriles is 1. The summed E-state index contributed by atoms with van der Waals surface area (Å²) in [5, 5.41) is 8.53. The number of rotatable bonds is 2. The fraction of sp³-hybridized carbons (Fsp3) is 0.200. The molecule has 0 aliphatic carbocycles. The first kappa shape index (κ1) is 9.25. The van der Waals surface area contributed by atoms with Crippen LogP contribution >= 0.6 is 0 Å². The zero-order chi connectivity index (χ0) is 8.97. The van der Waals surface area contributed by atoms with E-state index in [2.05, 4.69) is 36.0 Å². The van der Waals surface area contributed by atoms with E-state index in [-0.39, 0.29) is 0 Å². The Morgan fingerprint density at radius 1 is 1.67 bits per heavy atom. The number of nitrogens with zero attached hydrogens (tertiary/aromatic N) is 1. The van der Waals surface area contributed by atoms with Crippen LogP contribution in [0.1, 0.15) is 18.1 Å². The van der Waals surface area contributed by atoms with E-state index in [1.807, 2.05) is 12.1 Å². The molecule has 0 aromatic heterocycles. The van der Waals surface area contributed by atoms with E-state index in [4.69, 9.17) is 5.26 Å². The van der Waals surface area contributed by atoms with Crippen molar-refractivity contribution in [3.8, 4) is 6.07 Å². The van der Waals surface area contributed by atoms with Gasteiger partial charge in [0.25, 0.3) is 0 Å². The van der Waals surface area contributed by atoms with Gasteiger partial charge in [-0.1, -0.05) is 0 Å². The van der Waals surface area contributed by atoms with E-state index < -0.39 is 0 Å². The van der Waals surface area contributed by atoms with Crippen LogP contribution in [0.5, 0.6) is 0 Å². The monoisotopic (exact) mass is 193 g/mol. The van der Waals surface area contributed by atoms with Crippen LogP contribution in [0.25, 0.3) is 0 Å². The Labute approximate surface area is 81.5 Å². The van der Waals surface area contributed by atoms with Gasteiger partial charge in [0.2, 0.25) is 0 Å². The number of hydrogen-bond acceptors (Lipinski definition) is 1.